The highest BCUT2D eigenvalue weighted by Gasteiger charge is 2.54. The molecular formula is C17H31NO2. The lowest BCUT2D eigenvalue weighted by molar-refractivity contribution is -0.143. The Bertz CT molecular complexity index is 360. The molecule has 0 aromatic rings. The predicted molar refractivity (Wildman–Crippen MR) is 81.4 cm³/mol. The molecule has 116 valence electrons. The maximum Gasteiger partial charge on any atom is 0.228 e. The van der Waals surface area contributed by atoms with Crippen LogP contribution in [0.1, 0.15) is 53.9 Å². The maximum absolute atomic E-state index is 13.1. The maximum atomic E-state index is 13.1. The van der Waals surface area contributed by atoms with Gasteiger partial charge in [-0.15, -0.1) is 0 Å². The Balaban J connectivity index is 2.17. The standard InChI is InChI=1S/C17H31NO2/c1-11(2)14-9-17(7-8-17)10-18(14)16(19)15(12(3)4)13(5)20-6/h11-15H,7-10H2,1-6H3/t13?,14-,15?/m0/s1. The number of carbonyl (C=O) groups excluding carboxylic acids is 1. The number of ether oxygens (including phenoxy) is 1. The smallest absolute Gasteiger partial charge is 0.228 e. The first-order chi connectivity index (χ1) is 9.31. The van der Waals surface area contributed by atoms with Crippen LogP contribution in [0.4, 0.5) is 0 Å². The van der Waals surface area contributed by atoms with Crippen LogP contribution in [0.25, 0.3) is 0 Å². The largest absolute Gasteiger partial charge is 0.381 e. The molecule has 0 N–H and O–H groups in total. The van der Waals surface area contributed by atoms with E-state index in [4.69, 9.17) is 4.74 Å². The van der Waals surface area contributed by atoms with E-state index in [1.54, 1.807) is 7.11 Å². The van der Waals surface area contributed by atoms with Crippen molar-refractivity contribution in [2.45, 2.75) is 66.0 Å². The molecule has 2 aliphatic rings. The minimum absolute atomic E-state index is 0.00827. The minimum Gasteiger partial charge on any atom is -0.381 e. The fourth-order valence-electron chi connectivity index (χ4n) is 3.84. The Morgan fingerprint density at radius 2 is 1.80 bits per heavy atom. The molecule has 0 aromatic heterocycles. The average Bonchev–Trinajstić information content (AvgIpc) is 2.99. The highest BCUT2D eigenvalue weighted by Crippen LogP contribution is 2.56. The van der Waals surface area contributed by atoms with Crippen LogP contribution < -0.4 is 0 Å². The Morgan fingerprint density at radius 1 is 1.20 bits per heavy atom. The van der Waals surface area contributed by atoms with Crippen LogP contribution in [0.3, 0.4) is 0 Å². The number of likely N-dealkylation sites (tertiary alicyclic amines) is 1. The van der Waals surface area contributed by atoms with Gasteiger partial charge >= 0.3 is 0 Å². The van der Waals surface area contributed by atoms with Crippen molar-refractivity contribution >= 4 is 5.91 Å². The van der Waals surface area contributed by atoms with Gasteiger partial charge in [0.25, 0.3) is 0 Å². The number of amides is 1. The van der Waals surface area contributed by atoms with Gasteiger partial charge in [-0.25, -0.2) is 0 Å². The second-order valence-corrected chi connectivity index (χ2v) is 7.69. The molecular weight excluding hydrogens is 250 g/mol. The van der Waals surface area contributed by atoms with Gasteiger partial charge in [0.15, 0.2) is 0 Å². The first kappa shape index (κ1) is 15.8. The molecule has 1 aliphatic carbocycles. The second-order valence-electron chi connectivity index (χ2n) is 7.69. The molecule has 2 rings (SSSR count). The third-order valence-corrected chi connectivity index (χ3v) is 5.44. The molecule has 3 atom stereocenters. The second kappa shape index (κ2) is 5.67. The van der Waals surface area contributed by atoms with Crippen LogP contribution >= 0.6 is 0 Å². The van der Waals surface area contributed by atoms with E-state index in [1.807, 2.05) is 6.92 Å². The number of carbonyl (C=O) groups is 1. The van der Waals surface area contributed by atoms with E-state index in [1.165, 1.54) is 19.3 Å². The SMILES string of the molecule is COC(C)C(C(=O)N1CC2(CC2)C[C@H]1C(C)C)C(C)C. The molecule has 0 bridgehead atoms. The molecule has 1 spiro atoms. The predicted octanol–water partition coefficient (Wildman–Crippen LogP) is 3.33. The van der Waals surface area contributed by atoms with Crippen LogP contribution in [0.15, 0.2) is 0 Å². The highest BCUT2D eigenvalue weighted by molar-refractivity contribution is 5.80. The summed E-state index contributed by atoms with van der Waals surface area (Å²) < 4.78 is 5.47. The van der Waals surface area contributed by atoms with Gasteiger partial charge in [0, 0.05) is 19.7 Å². The van der Waals surface area contributed by atoms with E-state index in [9.17, 15) is 4.79 Å². The lowest BCUT2D eigenvalue weighted by atomic mass is 9.88. The van der Waals surface area contributed by atoms with Crippen LogP contribution in [0, 0.1) is 23.2 Å². The molecule has 20 heavy (non-hydrogen) atoms. The normalized spacial score (nSPS) is 27.4. The van der Waals surface area contributed by atoms with E-state index in [-0.39, 0.29) is 12.0 Å². The van der Waals surface area contributed by atoms with E-state index in [0.717, 1.165) is 6.54 Å². The molecule has 0 aromatic carbocycles. The zero-order valence-electron chi connectivity index (χ0n) is 14.0. The number of hydrogen-bond donors (Lipinski definition) is 0. The van der Waals surface area contributed by atoms with Gasteiger partial charge in [0.05, 0.1) is 12.0 Å². The van der Waals surface area contributed by atoms with Crippen LogP contribution in [-0.4, -0.2) is 36.6 Å². The van der Waals surface area contributed by atoms with Crippen LogP contribution in [0.5, 0.6) is 0 Å². The van der Waals surface area contributed by atoms with Crippen molar-refractivity contribution in [3.05, 3.63) is 0 Å². The van der Waals surface area contributed by atoms with Crippen LogP contribution in [-0.2, 0) is 9.53 Å². The lowest BCUT2D eigenvalue weighted by Gasteiger charge is -2.34. The molecule has 3 heteroatoms. The fourth-order valence-corrected chi connectivity index (χ4v) is 3.84. The molecule has 3 nitrogen and oxygen atoms in total. The lowest BCUT2D eigenvalue weighted by Crippen LogP contribution is -2.47. The number of nitrogens with zero attached hydrogens (tertiary/aromatic N) is 1. The van der Waals surface area contributed by atoms with Crippen molar-refractivity contribution in [2.75, 3.05) is 13.7 Å². The first-order valence-electron chi connectivity index (χ1n) is 8.14. The molecule has 1 amide bonds. The summed E-state index contributed by atoms with van der Waals surface area (Å²) in [5.41, 5.74) is 0.475. The Labute approximate surface area is 124 Å². The molecule has 1 aliphatic heterocycles. The summed E-state index contributed by atoms with van der Waals surface area (Å²) >= 11 is 0. The Hall–Kier alpha value is -0.570. The zero-order valence-corrected chi connectivity index (χ0v) is 14.0. The van der Waals surface area contributed by atoms with Gasteiger partial charge in [-0.3, -0.25) is 4.79 Å². The van der Waals surface area contributed by atoms with Crippen LogP contribution in [0.2, 0.25) is 0 Å². The van der Waals surface area contributed by atoms with E-state index >= 15 is 0 Å². The minimum atomic E-state index is -0.0184. The Morgan fingerprint density at radius 3 is 2.20 bits per heavy atom. The topological polar surface area (TPSA) is 29.5 Å². The summed E-state index contributed by atoms with van der Waals surface area (Å²) in [5.74, 6) is 1.16. The van der Waals surface area contributed by atoms with Crippen molar-refractivity contribution in [1.29, 1.82) is 0 Å². The van der Waals surface area contributed by atoms with Gasteiger partial charge in [-0.05, 0) is 43.4 Å². The quantitative estimate of drug-likeness (QED) is 0.773. The van der Waals surface area contributed by atoms with Gasteiger partial charge in [0.1, 0.15) is 0 Å². The fraction of sp³-hybridized carbons (Fsp3) is 0.941. The summed E-state index contributed by atoms with van der Waals surface area (Å²) in [5, 5.41) is 0. The van der Waals surface area contributed by atoms with Gasteiger partial charge in [0.2, 0.25) is 5.91 Å². The summed E-state index contributed by atoms with van der Waals surface area (Å²) in [4.78, 5) is 15.3. The number of hydrogen-bond acceptors (Lipinski definition) is 2. The van der Waals surface area contributed by atoms with Gasteiger partial charge < -0.3 is 9.64 Å². The van der Waals surface area contributed by atoms with Gasteiger partial charge in [-0.1, -0.05) is 27.7 Å². The van der Waals surface area contributed by atoms with Crippen molar-refractivity contribution in [2.24, 2.45) is 23.2 Å². The number of rotatable bonds is 5. The molecule has 1 heterocycles. The molecule has 2 fully saturated rings. The first-order valence-corrected chi connectivity index (χ1v) is 8.14. The molecule has 1 saturated carbocycles. The molecule has 2 unspecified atom stereocenters. The third-order valence-electron chi connectivity index (χ3n) is 5.44. The number of methoxy groups -OCH3 is 1. The molecule has 0 radical (unpaired) electrons. The molecule has 1 saturated heterocycles. The van der Waals surface area contributed by atoms with E-state index in [0.29, 0.717) is 29.2 Å². The van der Waals surface area contributed by atoms with Crippen molar-refractivity contribution in [3.8, 4) is 0 Å². The van der Waals surface area contributed by atoms with Crippen molar-refractivity contribution in [1.82, 2.24) is 4.90 Å². The summed E-state index contributed by atoms with van der Waals surface area (Å²) in [6.45, 7) is 11.8. The van der Waals surface area contributed by atoms with E-state index < -0.39 is 0 Å². The summed E-state index contributed by atoms with van der Waals surface area (Å²) in [6.07, 6.45) is 3.83. The van der Waals surface area contributed by atoms with Gasteiger partial charge in [-0.2, -0.15) is 0 Å². The average molecular weight is 281 g/mol. The van der Waals surface area contributed by atoms with E-state index in [2.05, 4.69) is 32.6 Å². The monoisotopic (exact) mass is 281 g/mol. The Kier molecular flexibility index (Phi) is 4.48. The zero-order chi connectivity index (χ0) is 15.1. The highest BCUT2D eigenvalue weighted by atomic mass is 16.5. The summed E-state index contributed by atoms with van der Waals surface area (Å²) in [7, 11) is 1.71. The third kappa shape index (κ3) is 2.88. The summed E-state index contributed by atoms with van der Waals surface area (Å²) in [6, 6.07) is 0.426. The van der Waals surface area contributed by atoms with Crippen molar-refractivity contribution < 1.29 is 9.53 Å². The van der Waals surface area contributed by atoms with Crippen molar-refractivity contribution in [3.63, 3.8) is 0 Å².